The summed E-state index contributed by atoms with van der Waals surface area (Å²) in [5.74, 6) is 2.44. The normalized spacial score (nSPS) is 12.5. The second kappa shape index (κ2) is 10.3. The van der Waals surface area contributed by atoms with Gasteiger partial charge in [0.1, 0.15) is 0 Å². The molecule has 0 aliphatic carbocycles. The van der Waals surface area contributed by atoms with E-state index in [1.807, 2.05) is 36.4 Å². The molecule has 2 heterocycles. The molecule has 0 spiro atoms. The van der Waals surface area contributed by atoms with Crippen LogP contribution in [0.1, 0.15) is 47.6 Å². The molecule has 168 valence electrons. The highest BCUT2D eigenvalue weighted by atomic mass is 16.7. The van der Waals surface area contributed by atoms with Gasteiger partial charge in [0.05, 0.1) is 6.54 Å². The standard InChI is InChI=1S/C25H29N3O4/c1-18(2)10-11-28(15-19-6-4-3-5-7-19)16-21-13-22(27-32-21)25(29)26-14-20-8-9-23-24(12-20)31-17-30-23/h3-9,12-13,18H,10-11,14-17H2,1-2H3,(H,26,29). The fourth-order valence-corrected chi connectivity index (χ4v) is 3.54. The minimum absolute atomic E-state index is 0.228. The Morgan fingerprint density at radius 2 is 1.84 bits per heavy atom. The van der Waals surface area contributed by atoms with E-state index < -0.39 is 0 Å². The Hall–Kier alpha value is -3.32. The lowest BCUT2D eigenvalue weighted by Gasteiger charge is -2.22. The number of amides is 1. The van der Waals surface area contributed by atoms with Crippen molar-refractivity contribution in [3.63, 3.8) is 0 Å². The molecule has 2 aromatic carbocycles. The van der Waals surface area contributed by atoms with Gasteiger partial charge in [-0.2, -0.15) is 0 Å². The fraction of sp³-hybridized carbons (Fsp3) is 0.360. The van der Waals surface area contributed by atoms with Crippen molar-refractivity contribution in [3.8, 4) is 11.5 Å². The maximum atomic E-state index is 12.6. The highest BCUT2D eigenvalue weighted by Crippen LogP contribution is 2.32. The molecular formula is C25H29N3O4. The largest absolute Gasteiger partial charge is 0.454 e. The van der Waals surface area contributed by atoms with Crippen LogP contribution < -0.4 is 14.8 Å². The number of hydrogen-bond acceptors (Lipinski definition) is 6. The molecule has 0 fully saturated rings. The van der Waals surface area contributed by atoms with Crippen LogP contribution in [0, 0.1) is 5.92 Å². The van der Waals surface area contributed by atoms with E-state index in [-0.39, 0.29) is 18.4 Å². The van der Waals surface area contributed by atoms with E-state index in [1.54, 1.807) is 6.07 Å². The Bertz CT molecular complexity index is 1030. The Balaban J connectivity index is 1.34. The predicted octanol–water partition coefficient (Wildman–Crippen LogP) is 4.38. The van der Waals surface area contributed by atoms with Crippen molar-refractivity contribution in [1.82, 2.24) is 15.4 Å². The number of nitrogens with one attached hydrogen (secondary N) is 1. The van der Waals surface area contributed by atoms with E-state index in [0.717, 1.165) is 30.8 Å². The van der Waals surface area contributed by atoms with Crippen LogP contribution in [0.5, 0.6) is 11.5 Å². The van der Waals surface area contributed by atoms with Crippen molar-refractivity contribution in [2.45, 2.75) is 39.9 Å². The first-order valence-corrected chi connectivity index (χ1v) is 11.0. The van der Waals surface area contributed by atoms with Gasteiger partial charge in [0, 0.05) is 19.2 Å². The predicted molar refractivity (Wildman–Crippen MR) is 120 cm³/mol. The zero-order chi connectivity index (χ0) is 22.3. The van der Waals surface area contributed by atoms with Crippen LogP contribution in [0.2, 0.25) is 0 Å². The first-order valence-electron chi connectivity index (χ1n) is 11.0. The zero-order valence-corrected chi connectivity index (χ0v) is 18.5. The van der Waals surface area contributed by atoms with Gasteiger partial charge < -0.3 is 19.3 Å². The molecular weight excluding hydrogens is 406 g/mol. The van der Waals surface area contributed by atoms with E-state index in [2.05, 4.69) is 41.4 Å². The van der Waals surface area contributed by atoms with Crippen molar-refractivity contribution in [1.29, 1.82) is 0 Å². The third kappa shape index (κ3) is 5.88. The Morgan fingerprint density at radius 3 is 2.66 bits per heavy atom. The van der Waals surface area contributed by atoms with Crippen molar-refractivity contribution in [3.05, 3.63) is 77.2 Å². The van der Waals surface area contributed by atoms with Gasteiger partial charge in [-0.05, 0) is 42.1 Å². The minimum atomic E-state index is -0.269. The number of carbonyl (C=O) groups excluding carboxylic acids is 1. The molecule has 1 N–H and O–H groups in total. The van der Waals surface area contributed by atoms with Gasteiger partial charge in [-0.25, -0.2) is 0 Å². The smallest absolute Gasteiger partial charge is 0.273 e. The molecule has 0 radical (unpaired) electrons. The van der Waals surface area contributed by atoms with Crippen LogP contribution in [0.15, 0.2) is 59.1 Å². The van der Waals surface area contributed by atoms with Crippen LogP contribution >= 0.6 is 0 Å². The Morgan fingerprint density at radius 1 is 1.03 bits per heavy atom. The summed E-state index contributed by atoms with van der Waals surface area (Å²) in [4.78, 5) is 14.9. The average Bonchev–Trinajstić information content (AvgIpc) is 3.45. The van der Waals surface area contributed by atoms with E-state index in [4.69, 9.17) is 14.0 Å². The fourth-order valence-electron chi connectivity index (χ4n) is 3.54. The third-order valence-electron chi connectivity index (χ3n) is 5.33. The number of hydrogen-bond donors (Lipinski definition) is 1. The summed E-state index contributed by atoms with van der Waals surface area (Å²) >= 11 is 0. The minimum Gasteiger partial charge on any atom is -0.454 e. The summed E-state index contributed by atoms with van der Waals surface area (Å²) in [6.45, 7) is 7.40. The number of benzene rings is 2. The van der Waals surface area contributed by atoms with Gasteiger partial charge in [0.2, 0.25) is 6.79 Å². The first kappa shape index (κ1) is 21.9. The van der Waals surface area contributed by atoms with Gasteiger partial charge in [0.15, 0.2) is 23.0 Å². The number of aromatic nitrogens is 1. The van der Waals surface area contributed by atoms with E-state index in [1.165, 1.54) is 5.56 Å². The number of fused-ring (bicyclic) bond motifs is 1. The molecule has 1 aliphatic heterocycles. The zero-order valence-electron chi connectivity index (χ0n) is 18.5. The molecule has 0 bridgehead atoms. The second-order valence-corrected chi connectivity index (χ2v) is 8.43. The van der Waals surface area contributed by atoms with Crippen molar-refractivity contribution in [2.24, 2.45) is 5.92 Å². The van der Waals surface area contributed by atoms with Gasteiger partial charge >= 0.3 is 0 Å². The maximum absolute atomic E-state index is 12.6. The van der Waals surface area contributed by atoms with Gasteiger partial charge in [-0.3, -0.25) is 9.69 Å². The van der Waals surface area contributed by atoms with Crippen LogP contribution in [0.3, 0.4) is 0 Å². The van der Waals surface area contributed by atoms with Crippen LogP contribution in [-0.2, 0) is 19.6 Å². The average molecular weight is 436 g/mol. The van der Waals surface area contributed by atoms with Crippen LogP contribution in [-0.4, -0.2) is 29.3 Å². The summed E-state index contributed by atoms with van der Waals surface area (Å²) in [6, 6.07) is 17.7. The maximum Gasteiger partial charge on any atom is 0.273 e. The SMILES string of the molecule is CC(C)CCN(Cc1ccccc1)Cc1cc(C(=O)NCc2ccc3c(c2)OCO3)no1. The Labute approximate surface area is 188 Å². The van der Waals surface area contributed by atoms with Crippen LogP contribution in [0.4, 0.5) is 0 Å². The molecule has 3 aromatic rings. The molecule has 0 saturated carbocycles. The summed E-state index contributed by atoms with van der Waals surface area (Å²) in [5, 5.41) is 6.86. The van der Waals surface area contributed by atoms with Crippen LogP contribution in [0.25, 0.3) is 0 Å². The quantitative estimate of drug-likeness (QED) is 0.509. The lowest BCUT2D eigenvalue weighted by molar-refractivity contribution is 0.0941. The highest BCUT2D eigenvalue weighted by molar-refractivity contribution is 5.92. The lowest BCUT2D eigenvalue weighted by atomic mass is 10.1. The van der Waals surface area contributed by atoms with E-state index in [9.17, 15) is 4.79 Å². The topological polar surface area (TPSA) is 76.8 Å². The molecule has 1 aromatic heterocycles. The molecule has 0 unspecified atom stereocenters. The third-order valence-corrected chi connectivity index (χ3v) is 5.33. The molecule has 7 heteroatoms. The molecule has 1 aliphatic rings. The number of nitrogens with zero attached hydrogens (tertiary/aromatic N) is 2. The number of carbonyl (C=O) groups is 1. The van der Waals surface area contributed by atoms with Gasteiger partial charge in [-0.15, -0.1) is 0 Å². The highest BCUT2D eigenvalue weighted by Gasteiger charge is 2.17. The Kier molecular flexibility index (Phi) is 7.07. The lowest BCUT2D eigenvalue weighted by Crippen LogP contribution is -2.25. The second-order valence-electron chi connectivity index (χ2n) is 8.43. The summed E-state index contributed by atoms with van der Waals surface area (Å²) < 4.78 is 16.2. The molecule has 4 rings (SSSR count). The summed E-state index contributed by atoms with van der Waals surface area (Å²) in [6.07, 6.45) is 1.09. The van der Waals surface area contributed by atoms with Crippen molar-refractivity contribution >= 4 is 5.91 Å². The molecule has 0 atom stereocenters. The first-order chi connectivity index (χ1) is 15.6. The summed E-state index contributed by atoms with van der Waals surface area (Å²) in [5.41, 5.74) is 2.45. The molecule has 7 nitrogen and oxygen atoms in total. The molecule has 0 saturated heterocycles. The molecule has 32 heavy (non-hydrogen) atoms. The van der Waals surface area contributed by atoms with E-state index in [0.29, 0.717) is 30.5 Å². The number of ether oxygens (including phenoxy) is 2. The van der Waals surface area contributed by atoms with Gasteiger partial charge in [-0.1, -0.05) is 55.4 Å². The van der Waals surface area contributed by atoms with Crippen molar-refractivity contribution < 1.29 is 18.8 Å². The number of rotatable bonds is 10. The van der Waals surface area contributed by atoms with E-state index >= 15 is 0 Å². The molecule has 1 amide bonds. The summed E-state index contributed by atoms with van der Waals surface area (Å²) in [7, 11) is 0. The van der Waals surface area contributed by atoms with Crippen molar-refractivity contribution in [2.75, 3.05) is 13.3 Å². The van der Waals surface area contributed by atoms with Gasteiger partial charge in [0.25, 0.3) is 5.91 Å². The monoisotopic (exact) mass is 435 g/mol.